The van der Waals surface area contributed by atoms with E-state index in [4.69, 9.17) is 11.6 Å². The first kappa shape index (κ1) is 12.8. The summed E-state index contributed by atoms with van der Waals surface area (Å²) >= 11 is 10.8. The lowest BCUT2D eigenvalue weighted by atomic mass is 10.3. The minimum absolute atomic E-state index is 0.325. The molecule has 0 saturated carbocycles. The fourth-order valence-electron chi connectivity index (χ4n) is 1.68. The minimum Gasteiger partial charge on any atom is -0.329 e. The summed E-state index contributed by atoms with van der Waals surface area (Å²) in [6, 6.07) is 10.2. The van der Waals surface area contributed by atoms with E-state index in [0.717, 1.165) is 14.7 Å². The lowest BCUT2D eigenvalue weighted by Gasteiger charge is -2.04. The topological polar surface area (TPSA) is 24.9 Å². The number of hydrogen-bond acceptors (Lipinski definition) is 3. The molecule has 0 fully saturated rings. The zero-order valence-corrected chi connectivity index (χ0v) is 12.6. The standard InChI is InChI=1S/C13H7BrClFN2S/c14-7-4-5-9(16)11(6-7)18-13-17-10-3-1-2-8(15)12(10)19-13/h1-6H,(H,17,18). The van der Waals surface area contributed by atoms with Gasteiger partial charge in [0, 0.05) is 4.47 Å². The molecule has 0 saturated heterocycles. The van der Waals surface area contributed by atoms with Crippen LogP contribution in [0.3, 0.4) is 0 Å². The van der Waals surface area contributed by atoms with Crippen LogP contribution in [0.1, 0.15) is 0 Å². The Balaban J connectivity index is 2.01. The maximum atomic E-state index is 13.7. The van der Waals surface area contributed by atoms with Crippen LogP contribution in [0.2, 0.25) is 5.02 Å². The van der Waals surface area contributed by atoms with E-state index in [1.807, 2.05) is 18.2 Å². The highest BCUT2D eigenvalue weighted by Crippen LogP contribution is 2.34. The van der Waals surface area contributed by atoms with Gasteiger partial charge in [0.2, 0.25) is 0 Å². The summed E-state index contributed by atoms with van der Waals surface area (Å²) in [5.74, 6) is -0.325. The molecule has 1 N–H and O–H groups in total. The van der Waals surface area contributed by atoms with Crippen molar-refractivity contribution in [2.75, 3.05) is 5.32 Å². The highest BCUT2D eigenvalue weighted by atomic mass is 79.9. The average Bonchev–Trinajstić information content (AvgIpc) is 2.78. The molecule has 6 heteroatoms. The zero-order chi connectivity index (χ0) is 13.4. The highest BCUT2D eigenvalue weighted by molar-refractivity contribution is 9.10. The molecule has 3 rings (SSSR count). The third kappa shape index (κ3) is 2.59. The largest absolute Gasteiger partial charge is 0.329 e. The second-order valence-corrected chi connectivity index (χ2v) is 6.18. The molecule has 0 radical (unpaired) electrons. The Bertz CT molecular complexity index is 759. The molecule has 0 aliphatic rings. The van der Waals surface area contributed by atoms with Gasteiger partial charge >= 0.3 is 0 Å². The number of thiazole rings is 1. The molecule has 1 aromatic heterocycles. The van der Waals surface area contributed by atoms with Gasteiger partial charge in [0.15, 0.2) is 5.13 Å². The molecule has 2 aromatic carbocycles. The van der Waals surface area contributed by atoms with E-state index < -0.39 is 0 Å². The van der Waals surface area contributed by atoms with Crippen molar-refractivity contribution in [3.63, 3.8) is 0 Å². The van der Waals surface area contributed by atoms with E-state index in [0.29, 0.717) is 15.8 Å². The molecular weight excluding hydrogens is 351 g/mol. The second kappa shape index (κ2) is 5.07. The van der Waals surface area contributed by atoms with Crippen molar-refractivity contribution in [1.82, 2.24) is 4.98 Å². The molecule has 0 amide bonds. The van der Waals surface area contributed by atoms with Crippen LogP contribution in [0.4, 0.5) is 15.2 Å². The molecule has 96 valence electrons. The zero-order valence-electron chi connectivity index (χ0n) is 9.45. The molecule has 3 aromatic rings. The van der Waals surface area contributed by atoms with Gasteiger partial charge in [-0.3, -0.25) is 0 Å². The van der Waals surface area contributed by atoms with E-state index in [2.05, 4.69) is 26.2 Å². The summed E-state index contributed by atoms with van der Waals surface area (Å²) in [6.07, 6.45) is 0. The molecule has 0 aliphatic heterocycles. The van der Waals surface area contributed by atoms with Gasteiger partial charge in [-0.1, -0.05) is 44.9 Å². The molecule has 0 aliphatic carbocycles. The Morgan fingerprint density at radius 1 is 1.26 bits per heavy atom. The van der Waals surface area contributed by atoms with Crippen molar-refractivity contribution in [1.29, 1.82) is 0 Å². The van der Waals surface area contributed by atoms with E-state index in [1.165, 1.54) is 17.4 Å². The van der Waals surface area contributed by atoms with Crippen LogP contribution in [-0.4, -0.2) is 4.98 Å². The number of anilines is 2. The number of hydrogen-bond donors (Lipinski definition) is 1. The summed E-state index contributed by atoms with van der Waals surface area (Å²) < 4.78 is 15.3. The first-order valence-corrected chi connectivity index (χ1v) is 7.39. The van der Waals surface area contributed by atoms with Crippen LogP contribution in [-0.2, 0) is 0 Å². The maximum Gasteiger partial charge on any atom is 0.188 e. The van der Waals surface area contributed by atoms with Crippen molar-refractivity contribution < 1.29 is 4.39 Å². The van der Waals surface area contributed by atoms with Gasteiger partial charge < -0.3 is 5.32 Å². The monoisotopic (exact) mass is 356 g/mol. The van der Waals surface area contributed by atoms with Gasteiger partial charge in [-0.2, -0.15) is 0 Å². The number of nitrogens with zero attached hydrogens (tertiary/aromatic N) is 1. The van der Waals surface area contributed by atoms with Gasteiger partial charge in [-0.05, 0) is 30.3 Å². The Morgan fingerprint density at radius 2 is 2.11 bits per heavy atom. The molecule has 0 spiro atoms. The maximum absolute atomic E-state index is 13.7. The minimum atomic E-state index is -0.325. The van der Waals surface area contributed by atoms with Crippen LogP contribution in [0.15, 0.2) is 40.9 Å². The van der Waals surface area contributed by atoms with Crippen LogP contribution in [0.25, 0.3) is 10.2 Å². The number of nitrogens with one attached hydrogen (secondary N) is 1. The Kier molecular flexibility index (Phi) is 3.43. The highest BCUT2D eigenvalue weighted by Gasteiger charge is 2.09. The van der Waals surface area contributed by atoms with Gasteiger partial charge in [-0.25, -0.2) is 9.37 Å². The van der Waals surface area contributed by atoms with Crippen LogP contribution in [0, 0.1) is 5.82 Å². The van der Waals surface area contributed by atoms with E-state index in [9.17, 15) is 4.39 Å². The third-order valence-electron chi connectivity index (χ3n) is 2.54. The second-order valence-electron chi connectivity index (χ2n) is 3.86. The van der Waals surface area contributed by atoms with Crippen molar-refractivity contribution in [3.05, 3.63) is 51.7 Å². The number of aromatic nitrogens is 1. The van der Waals surface area contributed by atoms with Crippen LogP contribution >= 0.6 is 38.9 Å². The molecule has 2 nitrogen and oxygen atoms in total. The number of fused-ring (bicyclic) bond motifs is 1. The van der Waals surface area contributed by atoms with Gasteiger partial charge in [-0.15, -0.1) is 0 Å². The summed E-state index contributed by atoms with van der Waals surface area (Å²) in [4.78, 5) is 4.38. The van der Waals surface area contributed by atoms with Crippen LogP contribution < -0.4 is 5.32 Å². The lowest BCUT2D eigenvalue weighted by Crippen LogP contribution is -1.92. The summed E-state index contributed by atoms with van der Waals surface area (Å²) in [6.45, 7) is 0. The smallest absolute Gasteiger partial charge is 0.188 e. The van der Waals surface area contributed by atoms with Crippen molar-refractivity contribution in [2.45, 2.75) is 0 Å². The number of rotatable bonds is 2. The third-order valence-corrected chi connectivity index (χ3v) is 4.48. The summed E-state index contributed by atoms with van der Waals surface area (Å²) in [7, 11) is 0. The lowest BCUT2D eigenvalue weighted by molar-refractivity contribution is 0.631. The van der Waals surface area contributed by atoms with E-state index in [-0.39, 0.29) is 5.82 Å². The van der Waals surface area contributed by atoms with Gasteiger partial charge in [0.1, 0.15) is 5.82 Å². The van der Waals surface area contributed by atoms with Crippen LogP contribution in [0.5, 0.6) is 0 Å². The molecular formula is C13H7BrClFN2S. The van der Waals surface area contributed by atoms with Gasteiger partial charge in [0.05, 0.1) is 20.9 Å². The predicted molar refractivity (Wildman–Crippen MR) is 82.0 cm³/mol. The van der Waals surface area contributed by atoms with Crippen molar-refractivity contribution >= 4 is 59.9 Å². The molecule has 19 heavy (non-hydrogen) atoms. The first-order valence-electron chi connectivity index (χ1n) is 5.40. The van der Waals surface area contributed by atoms with Gasteiger partial charge in [0.25, 0.3) is 0 Å². The first-order chi connectivity index (χ1) is 9.13. The SMILES string of the molecule is Fc1ccc(Br)cc1Nc1nc2cccc(Cl)c2s1. The number of halogens is 3. The summed E-state index contributed by atoms with van der Waals surface area (Å²) in [5.41, 5.74) is 1.18. The summed E-state index contributed by atoms with van der Waals surface area (Å²) in [5, 5.41) is 4.24. The quantitative estimate of drug-likeness (QED) is 0.646. The van der Waals surface area contributed by atoms with E-state index >= 15 is 0 Å². The average molecular weight is 358 g/mol. The fourth-order valence-corrected chi connectivity index (χ4v) is 3.21. The fraction of sp³-hybridized carbons (Fsp3) is 0. The Hall–Kier alpha value is -1.17. The Morgan fingerprint density at radius 3 is 2.89 bits per heavy atom. The van der Waals surface area contributed by atoms with Crippen molar-refractivity contribution in [2.24, 2.45) is 0 Å². The molecule has 1 heterocycles. The normalized spacial score (nSPS) is 10.9. The molecule has 0 bridgehead atoms. The molecule has 0 unspecified atom stereocenters. The van der Waals surface area contributed by atoms with Crippen molar-refractivity contribution in [3.8, 4) is 0 Å². The molecule has 0 atom stereocenters. The predicted octanol–water partition coefficient (Wildman–Crippen LogP) is 5.59. The van der Waals surface area contributed by atoms with E-state index in [1.54, 1.807) is 12.1 Å². The number of benzene rings is 2. The Labute approximate surface area is 126 Å².